The van der Waals surface area contributed by atoms with E-state index in [0.29, 0.717) is 11.7 Å². The quantitative estimate of drug-likeness (QED) is 0.370. The minimum atomic E-state index is 0.678. The minimum absolute atomic E-state index is 0.678. The van der Waals surface area contributed by atoms with Crippen molar-refractivity contribution in [2.24, 2.45) is 0 Å². The fraction of sp³-hybridized carbons (Fsp3) is 0.158. The number of thioether (sulfide) groups is 2. The summed E-state index contributed by atoms with van der Waals surface area (Å²) in [4.78, 5) is 10.7. The van der Waals surface area contributed by atoms with Gasteiger partial charge in [-0.05, 0) is 36.3 Å². The molecule has 3 nitrogen and oxygen atoms in total. The van der Waals surface area contributed by atoms with Crippen LogP contribution in [0.3, 0.4) is 0 Å². The van der Waals surface area contributed by atoms with Gasteiger partial charge >= 0.3 is 0 Å². The van der Waals surface area contributed by atoms with E-state index in [1.54, 1.807) is 23.5 Å². The zero-order valence-electron chi connectivity index (χ0n) is 13.4. The molecule has 1 aromatic heterocycles. The molecule has 0 N–H and O–H groups in total. The van der Waals surface area contributed by atoms with Gasteiger partial charge in [0.2, 0.25) is 5.88 Å². The summed E-state index contributed by atoms with van der Waals surface area (Å²) in [5.74, 6) is 2.28. The van der Waals surface area contributed by atoms with E-state index in [0.717, 1.165) is 28.3 Å². The highest BCUT2D eigenvalue weighted by Crippen LogP contribution is 2.39. The molecule has 0 amide bonds. The summed E-state index contributed by atoms with van der Waals surface area (Å²) in [6, 6.07) is 16.4. The Labute approximate surface area is 149 Å². The molecule has 0 bridgehead atoms. The van der Waals surface area contributed by atoms with Crippen LogP contribution in [-0.2, 0) is 6.42 Å². The van der Waals surface area contributed by atoms with Gasteiger partial charge in [-0.25, -0.2) is 4.98 Å². The van der Waals surface area contributed by atoms with Crippen molar-refractivity contribution in [3.8, 4) is 23.0 Å². The SMILES string of the molecule is CSc1ccc(-c2nc3c(c(SC)n2)Cc2ccccc2O3)cc1. The van der Waals surface area contributed by atoms with Crippen molar-refractivity contribution < 1.29 is 4.74 Å². The number of hydrogen-bond donors (Lipinski definition) is 0. The Balaban J connectivity index is 1.79. The van der Waals surface area contributed by atoms with Gasteiger partial charge in [-0.1, -0.05) is 30.3 Å². The highest BCUT2D eigenvalue weighted by Gasteiger charge is 2.23. The lowest BCUT2D eigenvalue weighted by molar-refractivity contribution is 0.435. The van der Waals surface area contributed by atoms with Gasteiger partial charge in [0, 0.05) is 16.9 Å². The van der Waals surface area contributed by atoms with Gasteiger partial charge in [0.1, 0.15) is 10.8 Å². The van der Waals surface area contributed by atoms with E-state index in [1.165, 1.54) is 10.5 Å². The number of hydrogen-bond acceptors (Lipinski definition) is 5. The van der Waals surface area contributed by atoms with Gasteiger partial charge in [-0.15, -0.1) is 23.5 Å². The molecule has 0 fully saturated rings. The highest BCUT2D eigenvalue weighted by atomic mass is 32.2. The first-order valence-corrected chi connectivity index (χ1v) is 10.1. The van der Waals surface area contributed by atoms with Crippen LogP contribution in [0.25, 0.3) is 11.4 Å². The normalized spacial score (nSPS) is 12.2. The molecule has 120 valence electrons. The van der Waals surface area contributed by atoms with Crippen molar-refractivity contribution in [3.05, 3.63) is 59.7 Å². The van der Waals surface area contributed by atoms with Gasteiger partial charge < -0.3 is 4.74 Å². The Morgan fingerprint density at radius 1 is 0.917 bits per heavy atom. The van der Waals surface area contributed by atoms with Crippen molar-refractivity contribution in [1.82, 2.24) is 9.97 Å². The fourth-order valence-corrected chi connectivity index (χ4v) is 3.75. The number of rotatable bonds is 3. The molecular formula is C19H16N2OS2. The van der Waals surface area contributed by atoms with Gasteiger partial charge in [0.15, 0.2) is 5.82 Å². The molecule has 24 heavy (non-hydrogen) atoms. The molecule has 0 saturated heterocycles. The Morgan fingerprint density at radius 3 is 2.46 bits per heavy atom. The summed E-state index contributed by atoms with van der Waals surface area (Å²) in [7, 11) is 0. The van der Waals surface area contributed by atoms with Crippen molar-refractivity contribution in [2.45, 2.75) is 16.3 Å². The third kappa shape index (κ3) is 2.78. The molecule has 0 spiro atoms. The number of ether oxygens (including phenoxy) is 1. The average Bonchev–Trinajstić information content (AvgIpc) is 2.65. The largest absolute Gasteiger partial charge is 0.438 e. The second kappa shape index (κ2) is 6.49. The van der Waals surface area contributed by atoms with E-state index in [2.05, 4.69) is 36.6 Å². The maximum Gasteiger partial charge on any atom is 0.227 e. The van der Waals surface area contributed by atoms with Crippen LogP contribution in [0.1, 0.15) is 11.1 Å². The van der Waals surface area contributed by atoms with Crippen molar-refractivity contribution in [2.75, 3.05) is 12.5 Å². The standard InChI is InChI=1S/C19H16N2OS2/c1-23-14-9-7-12(8-10-14)17-20-18-15(19(21-17)24-2)11-13-5-3-4-6-16(13)22-18/h3-10H,11H2,1-2H3. The number of nitrogens with zero attached hydrogens (tertiary/aromatic N) is 2. The van der Waals surface area contributed by atoms with E-state index >= 15 is 0 Å². The lowest BCUT2D eigenvalue weighted by atomic mass is 10.0. The summed E-state index contributed by atoms with van der Waals surface area (Å²) < 4.78 is 6.06. The van der Waals surface area contributed by atoms with E-state index in [-0.39, 0.29) is 0 Å². The average molecular weight is 352 g/mol. The lowest BCUT2D eigenvalue weighted by Crippen LogP contribution is -2.08. The van der Waals surface area contributed by atoms with Gasteiger partial charge in [0.05, 0.1) is 5.56 Å². The van der Waals surface area contributed by atoms with E-state index in [9.17, 15) is 0 Å². The molecular weight excluding hydrogens is 336 g/mol. The monoisotopic (exact) mass is 352 g/mol. The third-order valence-electron chi connectivity index (χ3n) is 4.02. The Hall–Kier alpha value is -1.98. The van der Waals surface area contributed by atoms with Crippen molar-refractivity contribution in [1.29, 1.82) is 0 Å². The molecule has 1 aliphatic rings. The van der Waals surface area contributed by atoms with Crippen LogP contribution in [0, 0.1) is 0 Å². The molecule has 0 radical (unpaired) electrons. The van der Waals surface area contributed by atoms with Crippen LogP contribution >= 0.6 is 23.5 Å². The van der Waals surface area contributed by atoms with Crippen molar-refractivity contribution >= 4 is 23.5 Å². The molecule has 2 aromatic carbocycles. The molecule has 2 heterocycles. The van der Waals surface area contributed by atoms with Crippen LogP contribution in [0.2, 0.25) is 0 Å². The first-order valence-electron chi connectivity index (χ1n) is 7.63. The Morgan fingerprint density at radius 2 is 1.71 bits per heavy atom. The summed E-state index contributed by atoms with van der Waals surface area (Å²) >= 11 is 3.37. The summed E-state index contributed by atoms with van der Waals surface area (Å²) in [6.45, 7) is 0. The summed E-state index contributed by atoms with van der Waals surface area (Å²) in [5.41, 5.74) is 3.26. The van der Waals surface area contributed by atoms with E-state index < -0.39 is 0 Å². The second-order valence-corrected chi connectivity index (χ2v) is 7.13. The molecule has 3 aromatic rings. The van der Waals surface area contributed by atoms with E-state index in [4.69, 9.17) is 14.7 Å². The van der Waals surface area contributed by atoms with Crippen LogP contribution in [0.4, 0.5) is 0 Å². The number of benzene rings is 2. The molecule has 5 heteroatoms. The molecule has 0 unspecified atom stereocenters. The minimum Gasteiger partial charge on any atom is -0.438 e. The van der Waals surface area contributed by atoms with Crippen LogP contribution in [0.15, 0.2) is 58.5 Å². The maximum atomic E-state index is 6.06. The summed E-state index contributed by atoms with van der Waals surface area (Å²) in [5, 5.41) is 0.985. The number of para-hydroxylation sites is 1. The first kappa shape index (κ1) is 15.5. The van der Waals surface area contributed by atoms with Crippen LogP contribution in [-0.4, -0.2) is 22.5 Å². The van der Waals surface area contributed by atoms with Gasteiger partial charge in [-0.2, -0.15) is 4.98 Å². The lowest BCUT2D eigenvalue weighted by Gasteiger charge is -2.21. The van der Waals surface area contributed by atoms with E-state index in [1.807, 2.05) is 24.5 Å². The number of fused-ring (bicyclic) bond motifs is 2. The van der Waals surface area contributed by atoms with Crippen LogP contribution in [0.5, 0.6) is 11.6 Å². The molecule has 1 aliphatic heterocycles. The third-order valence-corrected chi connectivity index (χ3v) is 5.49. The summed E-state index contributed by atoms with van der Waals surface area (Å²) in [6.07, 6.45) is 4.93. The number of aromatic nitrogens is 2. The highest BCUT2D eigenvalue weighted by molar-refractivity contribution is 7.98. The molecule has 4 rings (SSSR count). The second-order valence-electron chi connectivity index (χ2n) is 5.46. The molecule has 0 saturated carbocycles. The molecule has 0 aliphatic carbocycles. The predicted molar refractivity (Wildman–Crippen MR) is 100 cm³/mol. The van der Waals surface area contributed by atoms with Crippen molar-refractivity contribution in [3.63, 3.8) is 0 Å². The van der Waals surface area contributed by atoms with Crippen LogP contribution < -0.4 is 4.74 Å². The smallest absolute Gasteiger partial charge is 0.227 e. The Bertz CT molecular complexity index is 894. The van der Waals surface area contributed by atoms with Gasteiger partial charge in [-0.3, -0.25) is 0 Å². The fourth-order valence-electron chi connectivity index (χ4n) is 2.76. The Kier molecular flexibility index (Phi) is 4.21. The van der Waals surface area contributed by atoms with Gasteiger partial charge in [0.25, 0.3) is 0 Å². The topological polar surface area (TPSA) is 35.0 Å². The predicted octanol–water partition coefficient (Wildman–Crippen LogP) is 5.28. The zero-order valence-corrected chi connectivity index (χ0v) is 15.1. The molecule has 0 atom stereocenters. The first-order chi connectivity index (χ1) is 11.8. The zero-order chi connectivity index (χ0) is 16.5. The maximum absolute atomic E-state index is 6.06.